The average Bonchev–Trinajstić information content (AvgIpc) is 3.47. The maximum atomic E-state index is 13.1. The van der Waals surface area contributed by atoms with Crippen molar-refractivity contribution >= 4 is 45.1 Å². The largest absolute Gasteiger partial charge is 0.382 e. The maximum Gasteiger partial charge on any atom is 0.262 e. The fraction of sp³-hybridized carbons (Fsp3) is 0.250. The van der Waals surface area contributed by atoms with Crippen molar-refractivity contribution in [2.75, 3.05) is 19.0 Å². The molecule has 0 saturated heterocycles. The van der Waals surface area contributed by atoms with E-state index in [0.717, 1.165) is 16.4 Å². The molecule has 0 aliphatic heterocycles. The Morgan fingerprint density at radius 3 is 2.73 bits per heavy atom. The van der Waals surface area contributed by atoms with Gasteiger partial charge in [0.15, 0.2) is 10.9 Å². The lowest BCUT2D eigenvalue weighted by Crippen LogP contribution is -2.24. The third kappa shape index (κ3) is 3.94. The summed E-state index contributed by atoms with van der Waals surface area (Å²) >= 11 is 1.32. The lowest BCUT2D eigenvalue weighted by Gasteiger charge is -2.11. The van der Waals surface area contributed by atoms with Crippen LogP contribution in [-0.2, 0) is 11.3 Å². The first kappa shape index (κ1) is 21.4. The number of nitrogens with one attached hydrogen (secondary N) is 1. The van der Waals surface area contributed by atoms with E-state index in [9.17, 15) is 9.59 Å². The fourth-order valence-electron chi connectivity index (χ4n) is 4.01. The number of hydrogen-bond acceptors (Lipinski definition) is 6. The SMILES string of the molecule is CCOCCCn1c(=O)c2ccccc2n2c(SCC(=O)c3c[nH]c4ccccc34)nnc12. The summed E-state index contributed by atoms with van der Waals surface area (Å²) in [5.41, 5.74) is 2.21. The standard InChI is InChI=1S/C24H23N5O3S/c1-2-32-13-7-12-28-22(31)17-9-4-6-11-20(17)29-23(28)26-27-24(29)33-15-21(30)18-14-25-19-10-5-3-8-16(18)19/h3-6,8-11,14,25H,2,7,12-13,15H2,1H3. The number of carbonyl (C=O) groups excluding carboxylic acids is 1. The van der Waals surface area contributed by atoms with Gasteiger partial charge in [-0.1, -0.05) is 42.1 Å². The van der Waals surface area contributed by atoms with Crippen molar-refractivity contribution in [2.24, 2.45) is 0 Å². The number of rotatable bonds is 9. The highest BCUT2D eigenvalue weighted by Crippen LogP contribution is 2.24. The number of nitrogens with zero attached hydrogens (tertiary/aromatic N) is 4. The molecule has 0 aliphatic rings. The van der Waals surface area contributed by atoms with Crippen molar-refractivity contribution in [3.8, 4) is 0 Å². The summed E-state index contributed by atoms with van der Waals surface area (Å²) in [6, 6.07) is 15.1. The molecule has 0 aliphatic carbocycles. The average molecular weight is 462 g/mol. The first-order valence-electron chi connectivity index (χ1n) is 10.9. The maximum absolute atomic E-state index is 13.1. The van der Waals surface area contributed by atoms with Crippen molar-refractivity contribution in [3.63, 3.8) is 0 Å². The van der Waals surface area contributed by atoms with E-state index in [1.165, 1.54) is 11.8 Å². The third-order valence-electron chi connectivity index (χ3n) is 5.57. The minimum absolute atomic E-state index is 0.00328. The Bertz CT molecular complexity index is 1520. The van der Waals surface area contributed by atoms with E-state index >= 15 is 0 Å². The third-order valence-corrected chi connectivity index (χ3v) is 6.50. The van der Waals surface area contributed by atoms with Crippen LogP contribution in [0.5, 0.6) is 0 Å². The van der Waals surface area contributed by atoms with Crippen LogP contribution in [0.1, 0.15) is 23.7 Å². The van der Waals surface area contributed by atoms with Crippen molar-refractivity contribution in [1.82, 2.24) is 24.1 Å². The molecule has 0 amide bonds. The molecule has 1 N–H and O–H groups in total. The van der Waals surface area contributed by atoms with Gasteiger partial charge < -0.3 is 9.72 Å². The number of H-pyrrole nitrogens is 1. The van der Waals surface area contributed by atoms with E-state index in [-0.39, 0.29) is 17.1 Å². The summed E-state index contributed by atoms with van der Waals surface area (Å²) in [5, 5.41) is 10.7. The highest BCUT2D eigenvalue weighted by molar-refractivity contribution is 7.99. The minimum atomic E-state index is -0.103. The number of fused-ring (bicyclic) bond motifs is 4. The molecule has 8 nitrogen and oxygen atoms in total. The summed E-state index contributed by atoms with van der Waals surface area (Å²) in [7, 11) is 0. The van der Waals surface area contributed by atoms with Gasteiger partial charge in [0.1, 0.15) is 0 Å². The molecule has 3 heterocycles. The number of benzene rings is 2. The number of carbonyl (C=O) groups is 1. The van der Waals surface area contributed by atoms with E-state index < -0.39 is 0 Å². The van der Waals surface area contributed by atoms with Gasteiger partial charge in [-0.2, -0.15) is 0 Å². The van der Waals surface area contributed by atoms with Crippen LogP contribution in [0.25, 0.3) is 27.6 Å². The molecule has 0 bridgehead atoms. The Morgan fingerprint density at radius 2 is 1.88 bits per heavy atom. The normalized spacial score (nSPS) is 11.7. The topological polar surface area (TPSA) is 94.3 Å². The summed E-state index contributed by atoms with van der Waals surface area (Å²) < 4.78 is 8.93. The second kappa shape index (κ2) is 9.21. The molecule has 0 radical (unpaired) electrons. The van der Waals surface area contributed by atoms with Crippen LogP contribution >= 0.6 is 11.8 Å². The first-order chi connectivity index (χ1) is 16.2. The molecule has 0 atom stereocenters. The zero-order valence-corrected chi connectivity index (χ0v) is 19.0. The molecule has 5 aromatic rings. The lowest BCUT2D eigenvalue weighted by molar-refractivity contribution is 0.102. The molecule has 3 aromatic heterocycles. The van der Waals surface area contributed by atoms with Gasteiger partial charge in [0.05, 0.1) is 16.7 Å². The molecular formula is C24H23N5O3S. The van der Waals surface area contributed by atoms with Crippen molar-refractivity contribution in [1.29, 1.82) is 0 Å². The van der Waals surface area contributed by atoms with Crippen molar-refractivity contribution < 1.29 is 9.53 Å². The molecule has 0 spiro atoms. The monoisotopic (exact) mass is 461 g/mol. The summed E-state index contributed by atoms with van der Waals surface area (Å²) in [6.45, 7) is 3.62. The number of ether oxygens (including phenoxy) is 1. The smallest absolute Gasteiger partial charge is 0.262 e. The van der Waals surface area contributed by atoms with Gasteiger partial charge in [-0.25, -0.2) is 0 Å². The zero-order chi connectivity index (χ0) is 22.8. The van der Waals surface area contributed by atoms with Crippen molar-refractivity contribution in [2.45, 2.75) is 25.0 Å². The van der Waals surface area contributed by atoms with E-state index in [2.05, 4.69) is 15.2 Å². The number of ketones is 1. The summed E-state index contributed by atoms with van der Waals surface area (Å²) in [5.74, 6) is 0.682. The first-order valence-corrected chi connectivity index (χ1v) is 11.8. The predicted molar refractivity (Wildman–Crippen MR) is 129 cm³/mol. The van der Waals surface area contributed by atoms with Gasteiger partial charge in [-0.05, 0) is 31.5 Å². The quantitative estimate of drug-likeness (QED) is 0.203. The van der Waals surface area contributed by atoms with Crippen LogP contribution in [0.3, 0.4) is 0 Å². The molecule has 0 unspecified atom stereocenters. The highest BCUT2D eigenvalue weighted by Gasteiger charge is 2.19. The number of aryl methyl sites for hydroxylation is 1. The molecule has 168 valence electrons. The van der Waals surface area contributed by atoms with E-state index in [1.807, 2.05) is 59.9 Å². The van der Waals surface area contributed by atoms with Crippen LogP contribution in [0.2, 0.25) is 0 Å². The Hall–Kier alpha value is -3.43. The van der Waals surface area contributed by atoms with E-state index in [4.69, 9.17) is 4.74 Å². The van der Waals surface area contributed by atoms with E-state index in [0.29, 0.717) is 48.1 Å². The van der Waals surface area contributed by atoms with E-state index in [1.54, 1.807) is 10.8 Å². The number of para-hydroxylation sites is 2. The van der Waals surface area contributed by atoms with Gasteiger partial charge in [-0.15, -0.1) is 10.2 Å². The molecular weight excluding hydrogens is 438 g/mol. The van der Waals surface area contributed by atoms with Crippen LogP contribution in [-0.4, -0.2) is 48.9 Å². The molecule has 0 saturated carbocycles. The van der Waals surface area contributed by atoms with Crippen LogP contribution < -0.4 is 5.56 Å². The van der Waals surface area contributed by atoms with Crippen molar-refractivity contribution in [3.05, 3.63) is 70.6 Å². The number of aromatic amines is 1. The summed E-state index contributed by atoms with van der Waals surface area (Å²) in [6.07, 6.45) is 2.44. The molecule has 9 heteroatoms. The van der Waals surface area contributed by atoms with Gasteiger partial charge in [0.2, 0.25) is 5.78 Å². The molecule has 2 aromatic carbocycles. The number of thioether (sulfide) groups is 1. The number of aromatic nitrogens is 5. The Kier molecular flexibility index (Phi) is 5.97. The van der Waals surface area contributed by atoms with Gasteiger partial charge in [0, 0.05) is 42.4 Å². The fourth-order valence-corrected chi connectivity index (χ4v) is 4.83. The number of hydrogen-bond donors (Lipinski definition) is 1. The van der Waals surface area contributed by atoms with Crippen LogP contribution in [0, 0.1) is 0 Å². The second-order valence-electron chi connectivity index (χ2n) is 7.60. The Balaban J connectivity index is 1.49. The number of Topliss-reactive ketones (excluding diaryl/α,β-unsaturated/α-hetero) is 1. The second-order valence-corrected chi connectivity index (χ2v) is 8.54. The van der Waals surface area contributed by atoms with Gasteiger partial charge >= 0.3 is 0 Å². The zero-order valence-electron chi connectivity index (χ0n) is 18.2. The Labute approximate surface area is 193 Å². The Morgan fingerprint density at radius 1 is 1.09 bits per heavy atom. The van der Waals surface area contributed by atoms with Gasteiger partial charge in [-0.3, -0.25) is 18.6 Å². The predicted octanol–water partition coefficient (Wildman–Crippen LogP) is 3.93. The minimum Gasteiger partial charge on any atom is -0.382 e. The molecule has 33 heavy (non-hydrogen) atoms. The molecule has 0 fully saturated rings. The van der Waals surface area contributed by atoms with Crippen LogP contribution in [0.15, 0.2) is 64.7 Å². The summed E-state index contributed by atoms with van der Waals surface area (Å²) in [4.78, 5) is 29.3. The lowest BCUT2D eigenvalue weighted by atomic mass is 10.1. The van der Waals surface area contributed by atoms with Crippen LogP contribution in [0.4, 0.5) is 0 Å². The molecule has 5 rings (SSSR count). The highest BCUT2D eigenvalue weighted by atomic mass is 32.2. The van der Waals surface area contributed by atoms with Gasteiger partial charge in [0.25, 0.3) is 5.56 Å².